The number of carbonyl (C=O) groups is 1. The summed E-state index contributed by atoms with van der Waals surface area (Å²) in [5.41, 5.74) is 2.38. The SMILES string of the molecule is CC(C)(CNC(=O)CCNS(=O)(=O)c1ccc(F)c(F)c1)N1CCc2ccccc2C1. The maximum absolute atomic E-state index is 13.3. The number of carbonyl (C=O) groups excluding carboxylic acids is 1. The summed E-state index contributed by atoms with van der Waals surface area (Å²) in [7, 11) is -4.03. The fourth-order valence-corrected chi connectivity index (χ4v) is 4.60. The van der Waals surface area contributed by atoms with Gasteiger partial charge in [-0.15, -0.1) is 0 Å². The number of rotatable bonds is 8. The molecule has 0 saturated carbocycles. The average molecular weight is 452 g/mol. The van der Waals surface area contributed by atoms with Gasteiger partial charge in [0.15, 0.2) is 11.6 Å². The second kappa shape index (κ2) is 9.42. The highest BCUT2D eigenvalue weighted by atomic mass is 32.2. The smallest absolute Gasteiger partial charge is 0.240 e. The molecule has 31 heavy (non-hydrogen) atoms. The first-order valence-electron chi connectivity index (χ1n) is 10.1. The summed E-state index contributed by atoms with van der Waals surface area (Å²) in [5.74, 6) is -2.67. The lowest BCUT2D eigenvalue weighted by Gasteiger charge is -2.41. The van der Waals surface area contributed by atoms with Gasteiger partial charge in [0.2, 0.25) is 15.9 Å². The predicted molar refractivity (Wildman–Crippen MR) is 114 cm³/mol. The highest BCUT2D eigenvalue weighted by Crippen LogP contribution is 2.25. The lowest BCUT2D eigenvalue weighted by atomic mass is 9.94. The van der Waals surface area contributed by atoms with E-state index in [0.717, 1.165) is 31.6 Å². The topological polar surface area (TPSA) is 78.5 Å². The molecule has 3 rings (SSSR count). The first kappa shape index (κ1) is 23.3. The van der Waals surface area contributed by atoms with Gasteiger partial charge < -0.3 is 5.32 Å². The molecule has 0 spiro atoms. The van der Waals surface area contributed by atoms with Crippen LogP contribution in [0.1, 0.15) is 31.4 Å². The standard InChI is InChI=1S/C22H27F2N3O3S/c1-22(2,27-12-10-16-5-3-4-6-17(16)14-27)15-25-21(28)9-11-26-31(29,30)18-7-8-19(23)20(24)13-18/h3-8,13,26H,9-12,14-15H2,1-2H3,(H,25,28). The molecule has 0 aliphatic carbocycles. The third-order valence-corrected chi connectivity index (χ3v) is 7.01. The van der Waals surface area contributed by atoms with Gasteiger partial charge in [-0.1, -0.05) is 24.3 Å². The Morgan fingerprint density at radius 3 is 2.52 bits per heavy atom. The van der Waals surface area contributed by atoms with Crippen molar-refractivity contribution in [1.82, 2.24) is 14.9 Å². The predicted octanol–water partition coefficient (Wildman–Crippen LogP) is 2.59. The number of hydrogen-bond donors (Lipinski definition) is 2. The van der Waals surface area contributed by atoms with E-state index in [0.29, 0.717) is 12.6 Å². The molecule has 0 fully saturated rings. The van der Waals surface area contributed by atoms with Crippen LogP contribution in [0.25, 0.3) is 0 Å². The Labute approximate surface area is 181 Å². The van der Waals surface area contributed by atoms with E-state index in [1.165, 1.54) is 11.1 Å². The molecule has 9 heteroatoms. The highest BCUT2D eigenvalue weighted by Gasteiger charge is 2.30. The van der Waals surface area contributed by atoms with Gasteiger partial charge in [-0.25, -0.2) is 21.9 Å². The lowest BCUT2D eigenvalue weighted by molar-refractivity contribution is -0.121. The summed E-state index contributed by atoms with van der Waals surface area (Å²) in [6.45, 7) is 6.11. The van der Waals surface area contributed by atoms with E-state index in [9.17, 15) is 22.0 Å². The van der Waals surface area contributed by atoms with E-state index in [1.807, 2.05) is 12.1 Å². The van der Waals surface area contributed by atoms with Gasteiger partial charge in [0.25, 0.3) is 0 Å². The van der Waals surface area contributed by atoms with E-state index in [-0.39, 0.29) is 24.4 Å². The van der Waals surface area contributed by atoms with E-state index in [2.05, 4.69) is 40.9 Å². The largest absolute Gasteiger partial charge is 0.354 e. The molecule has 2 aromatic rings. The summed E-state index contributed by atoms with van der Waals surface area (Å²) in [4.78, 5) is 14.1. The number of halogens is 2. The van der Waals surface area contributed by atoms with Crippen LogP contribution in [-0.2, 0) is 27.8 Å². The number of nitrogens with zero attached hydrogens (tertiary/aromatic N) is 1. The molecule has 0 radical (unpaired) electrons. The van der Waals surface area contributed by atoms with Gasteiger partial charge in [0.05, 0.1) is 4.90 Å². The molecule has 1 aliphatic heterocycles. The third kappa shape index (κ3) is 5.87. The molecule has 1 heterocycles. The molecule has 2 N–H and O–H groups in total. The van der Waals surface area contributed by atoms with E-state index < -0.39 is 26.6 Å². The molecule has 2 aromatic carbocycles. The second-order valence-corrected chi connectivity index (χ2v) is 10.0. The quantitative estimate of drug-likeness (QED) is 0.647. The normalized spacial score (nSPS) is 14.8. The maximum Gasteiger partial charge on any atom is 0.240 e. The van der Waals surface area contributed by atoms with Crippen LogP contribution >= 0.6 is 0 Å². The van der Waals surface area contributed by atoms with Crippen LogP contribution in [0.4, 0.5) is 8.78 Å². The lowest BCUT2D eigenvalue weighted by Crippen LogP contribution is -2.53. The van der Waals surface area contributed by atoms with E-state index in [1.54, 1.807) is 0 Å². The summed E-state index contributed by atoms with van der Waals surface area (Å²) < 4.78 is 52.8. The molecule has 0 atom stereocenters. The van der Waals surface area contributed by atoms with Crippen molar-refractivity contribution in [3.63, 3.8) is 0 Å². The van der Waals surface area contributed by atoms with Crippen LogP contribution in [0.2, 0.25) is 0 Å². The zero-order valence-corrected chi connectivity index (χ0v) is 18.4. The van der Waals surface area contributed by atoms with Crippen molar-refractivity contribution in [2.24, 2.45) is 0 Å². The van der Waals surface area contributed by atoms with Crippen LogP contribution in [0.3, 0.4) is 0 Å². The minimum atomic E-state index is -4.03. The van der Waals surface area contributed by atoms with Crippen LogP contribution in [0, 0.1) is 11.6 Å². The van der Waals surface area contributed by atoms with Gasteiger partial charge in [0.1, 0.15) is 0 Å². The number of hydrogen-bond acceptors (Lipinski definition) is 4. The van der Waals surface area contributed by atoms with Crippen molar-refractivity contribution < 1.29 is 22.0 Å². The molecule has 6 nitrogen and oxygen atoms in total. The Bertz CT molecular complexity index is 1060. The summed E-state index contributed by atoms with van der Waals surface area (Å²) in [6.07, 6.45) is 0.890. The van der Waals surface area contributed by atoms with Crippen LogP contribution in [-0.4, -0.2) is 44.4 Å². The maximum atomic E-state index is 13.3. The fourth-order valence-electron chi connectivity index (χ4n) is 3.55. The molecule has 0 unspecified atom stereocenters. The van der Waals surface area contributed by atoms with Crippen molar-refractivity contribution in [3.05, 3.63) is 65.2 Å². The molecule has 0 bridgehead atoms. The van der Waals surface area contributed by atoms with E-state index >= 15 is 0 Å². The number of amides is 1. The van der Waals surface area contributed by atoms with Crippen molar-refractivity contribution in [3.8, 4) is 0 Å². The van der Waals surface area contributed by atoms with Gasteiger partial charge in [-0.2, -0.15) is 0 Å². The number of nitrogens with one attached hydrogen (secondary N) is 2. The monoisotopic (exact) mass is 451 g/mol. The Morgan fingerprint density at radius 2 is 1.81 bits per heavy atom. The molecule has 1 amide bonds. The first-order valence-corrected chi connectivity index (χ1v) is 11.6. The molecule has 1 aliphatic rings. The minimum absolute atomic E-state index is 0.0676. The first-order chi connectivity index (χ1) is 14.6. The highest BCUT2D eigenvalue weighted by molar-refractivity contribution is 7.89. The summed E-state index contributed by atoms with van der Waals surface area (Å²) in [6, 6.07) is 10.7. The summed E-state index contributed by atoms with van der Waals surface area (Å²) >= 11 is 0. The number of benzene rings is 2. The Kier molecular flexibility index (Phi) is 7.08. The Morgan fingerprint density at radius 1 is 1.10 bits per heavy atom. The molecule has 0 saturated heterocycles. The van der Waals surface area contributed by atoms with Crippen LogP contribution in [0.15, 0.2) is 47.4 Å². The summed E-state index contributed by atoms with van der Waals surface area (Å²) in [5, 5.41) is 2.86. The van der Waals surface area contributed by atoms with Gasteiger partial charge >= 0.3 is 0 Å². The van der Waals surface area contributed by atoms with E-state index in [4.69, 9.17) is 0 Å². The van der Waals surface area contributed by atoms with Crippen molar-refractivity contribution in [2.45, 2.75) is 43.7 Å². The number of sulfonamides is 1. The fraction of sp³-hybridized carbons (Fsp3) is 0.409. The van der Waals surface area contributed by atoms with Crippen molar-refractivity contribution >= 4 is 15.9 Å². The third-order valence-electron chi connectivity index (χ3n) is 5.55. The second-order valence-electron chi connectivity index (χ2n) is 8.25. The van der Waals surface area contributed by atoms with Gasteiger partial charge in [0, 0.05) is 38.1 Å². The van der Waals surface area contributed by atoms with Crippen molar-refractivity contribution in [1.29, 1.82) is 0 Å². The zero-order chi connectivity index (χ0) is 22.6. The Hall–Kier alpha value is -2.36. The van der Waals surface area contributed by atoms with Crippen LogP contribution in [0.5, 0.6) is 0 Å². The molecule has 0 aromatic heterocycles. The van der Waals surface area contributed by atoms with Gasteiger partial charge in [-0.3, -0.25) is 9.69 Å². The van der Waals surface area contributed by atoms with Gasteiger partial charge in [-0.05, 0) is 49.6 Å². The van der Waals surface area contributed by atoms with Crippen LogP contribution < -0.4 is 10.0 Å². The van der Waals surface area contributed by atoms with Crippen molar-refractivity contribution in [2.75, 3.05) is 19.6 Å². The minimum Gasteiger partial charge on any atom is -0.354 e. The molecular formula is C22H27F2N3O3S. The molecule has 168 valence electrons. The number of fused-ring (bicyclic) bond motifs is 1. The average Bonchev–Trinajstić information content (AvgIpc) is 2.73. The molecular weight excluding hydrogens is 424 g/mol. The zero-order valence-electron chi connectivity index (χ0n) is 17.6. The Balaban J connectivity index is 1.47.